The predicted molar refractivity (Wildman–Crippen MR) is 65.0 cm³/mol. The van der Waals surface area contributed by atoms with Crippen LogP contribution in [0.4, 0.5) is 10.1 Å². The van der Waals surface area contributed by atoms with E-state index in [1.807, 2.05) is 36.0 Å². The van der Waals surface area contributed by atoms with Gasteiger partial charge in [-0.25, -0.2) is 4.39 Å². The molecule has 0 unspecified atom stereocenters. The Morgan fingerprint density at radius 2 is 2.07 bits per heavy atom. The second-order valence-electron chi connectivity index (χ2n) is 4.19. The van der Waals surface area contributed by atoms with Crippen LogP contribution in [0.5, 0.6) is 0 Å². The summed E-state index contributed by atoms with van der Waals surface area (Å²) in [5, 5.41) is 0. The molecule has 3 heteroatoms. The number of hydrogen-bond donors (Lipinski definition) is 1. The Morgan fingerprint density at radius 1 is 1.33 bits per heavy atom. The molecule has 0 aromatic heterocycles. The second-order valence-corrected chi connectivity index (χ2v) is 5.41. The van der Waals surface area contributed by atoms with Gasteiger partial charge < -0.3 is 5.73 Å². The van der Waals surface area contributed by atoms with Gasteiger partial charge in [0.15, 0.2) is 0 Å². The summed E-state index contributed by atoms with van der Waals surface area (Å²) >= 11 is 1.85. The summed E-state index contributed by atoms with van der Waals surface area (Å²) in [5.41, 5.74) is 6.42. The normalized spacial score (nSPS) is 20.1. The summed E-state index contributed by atoms with van der Waals surface area (Å²) in [7, 11) is 0. The van der Waals surface area contributed by atoms with Gasteiger partial charge in [-0.15, -0.1) is 0 Å². The largest absolute Gasteiger partial charge is 0.399 e. The number of alkyl halides is 1. The van der Waals surface area contributed by atoms with Crippen LogP contribution in [0.1, 0.15) is 18.4 Å². The number of thioether (sulfide) groups is 1. The van der Waals surface area contributed by atoms with Crippen molar-refractivity contribution < 1.29 is 4.39 Å². The van der Waals surface area contributed by atoms with Crippen molar-refractivity contribution in [3.05, 3.63) is 29.8 Å². The molecular formula is C12H16FNS. The zero-order valence-electron chi connectivity index (χ0n) is 8.71. The molecule has 1 heterocycles. The first-order chi connectivity index (χ1) is 7.18. The van der Waals surface area contributed by atoms with E-state index in [0.717, 1.165) is 22.8 Å². The minimum atomic E-state index is -1.00. The lowest BCUT2D eigenvalue weighted by Crippen LogP contribution is -2.30. The van der Waals surface area contributed by atoms with Crippen LogP contribution in [0.25, 0.3) is 0 Å². The first-order valence-electron chi connectivity index (χ1n) is 5.29. The van der Waals surface area contributed by atoms with Crippen LogP contribution in [0.3, 0.4) is 0 Å². The van der Waals surface area contributed by atoms with Gasteiger partial charge in [0.2, 0.25) is 0 Å². The Balaban J connectivity index is 2.06. The molecule has 15 heavy (non-hydrogen) atoms. The molecule has 1 nitrogen and oxygen atoms in total. The number of nitrogens with two attached hydrogens (primary N) is 1. The Morgan fingerprint density at radius 3 is 2.73 bits per heavy atom. The maximum Gasteiger partial charge on any atom is 0.116 e. The molecule has 0 atom stereocenters. The molecule has 0 radical (unpaired) electrons. The van der Waals surface area contributed by atoms with Crippen LogP contribution >= 0.6 is 11.8 Å². The van der Waals surface area contributed by atoms with Gasteiger partial charge in [-0.1, -0.05) is 12.1 Å². The molecular weight excluding hydrogens is 209 g/mol. The summed E-state index contributed by atoms with van der Waals surface area (Å²) in [6, 6.07) is 7.57. The fourth-order valence-electron chi connectivity index (χ4n) is 1.98. The molecule has 1 aromatic carbocycles. The Labute approximate surface area is 94.2 Å². The monoisotopic (exact) mass is 225 g/mol. The molecule has 1 aromatic rings. The van der Waals surface area contributed by atoms with E-state index in [-0.39, 0.29) is 0 Å². The fraction of sp³-hybridized carbons (Fsp3) is 0.500. The van der Waals surface area contributed by atoms with Gasteiger partial charge in [0, 0.05) is 12.1 Å². The number of halogens is 1. The maximum atomic E-state index is 14.3. The van der Waals surface area contributed by atoms with Crippen LogP contribution in [-0.2, 0) is 6.42 Å². The first kappa shape index (κ1) is 10.8. The van der Waals surface area contributed by atoms with Crippen molar-refractivity contribution in [2.75, 3.05) is 17.2 Å². The lowest BCUT2D eigenvalue weighted by atomic mass is 9.91. The molecule has 0 spiro atoms. The highest BCUT2D eigenvalue weighted by Gasteiger charge is 2.31. The van der Waals surface area contributed by atoms with Crippen LogP contribution in [-0.4, -0.2) is 17.2 Å². The number of hydrogen-bond acceptors (Lipinski definition) is 2. The average Bonchev–Trinajstić information content (AvgIpc) is 2.18. The van der Waals surface area contributed by atoms with Crippen molar-refractivity contribution in [1.82, 2.24) is 0 Å². The third-order valence-electron chi connectivity index (χ3n) is 2.86. The summed E-state index contributed by atoms with van der Waals surface area (Å²) in [5.74, 6) is 1.89. The maximum absolute atomic E-state index is 14.3. The van der Waals surface area contributed by atoms with Gasteiger partial charge in [0.05, 0.1) is 0 Å². The molecule has 1 aliphatic rings. The van der Waals surface area contributed by atoms with Crippen molar-refractivity contribution in [2.24, 2.45) is 0 Å². The van der Waals surface area contributed by atoms with Crippen LogP contribution in [0, 0.1) is 0 Å². The fourth-order valence-corrected chi connectivity index (χ4v) is 3.21. The van der Waals surface area contributed by atoms with Crippen molar-refractivity contribution in [3.8, 4) is 0 Å². The first-order valence-corrected chi connectivity index (χ1v) is 6.45. The van der Waals surface area contributed by atoms with Gasteiger partial charge in [0.1, 0.15) is 5.67 Å². The smallest absolute Gasteiger partial charge is 0.116 e. The lowest BCUT2D eigenvalue weighted by Gasteiger charge is -2.29. The van der Waals surface area contributed by atoms with E-state index < -0.39 is 5.67 Å². The zero-order valence-corrected chi connectivity index (χ0v) is 9.52. The molecule has 0 bridgehead atoms. The molecule has 1 fully saturated rings. The number of rotatable bonds is 2. The summed E-state index contributed by atoms with van der Waals surface area (Å²) in [6.07, 6.45) is 1.86. The van der Waals surface area contributed by atoms with Crippen LogP contribution in [0.2, 0.25) is 0 Å². The highest BCUT2D eigenvalue weighted by Crippen LogP contribution is 2.33. The van der Waals surface area contributed by atoms with E-state index in [1.54, 1.807) is 0 Å². The summed E-state index contributed by atoms with van der Waals surface area (Å²) < 4.78 is 14.3. The lowest BCUT2D eigenvalue weighted by molar-refractivity contribution is 0.150. The molecule has 2 N–H and O–H groups in total. The van der Waals surface area contributed by atoms with Gasteiger partial charge >= 0.3 is 0 Å². The van der Waals surface area contributed by atoms with Crippen molar-refractivity contribution >= 4 is 17.4 Å². The van der Waals surface area contributed by atoms with Gasteiger partial charge in [-0.05, 0) is 42.0 Å². The van der Waals surface area contributed by atoms with E-state index >= 15 is 0 Å². The van der Waals surface area contributed by atoms with Crippen molar-refractivity contribution in [2.45, 2.75) is 24.9 Å². The van der Waals surface area contributed by atoms with Gasteiger partial charge in [-0.3, -0.25) is 0 Å². The number of anilines is 1. The SMILES string of the molecule is Nc1cccc(CC2(F)CCSCC2)c1. The predicted octanol–water partition coefficient (Wildman–Crippen LogP) is 3.05. The average molecular weight is 225 g/mol. The standard InChI is InChI=1S/C12H16FNS/c13-12(4-6-15-7-5-12)9-10-2-1-3-11(14)8-10/h1-3,8H,4-7,9,14H2. The zero-order chi connectivity index (χ0) is 10.7. The molecule has 82 valence electrons. The molecule has 1 saturated heterocycles. The Bertz CT molecular complexity index is 334. The molecule has 0 aliphatic carbocycles. The highest BCUT2D eigenvalue weighted by molar-refractivity contribution is 7.99. The molecule has 0 amide bonds. The Hall–Kier alpha value is -0.700. The van der Waals surface area contributed by atoms with E-state index in [4.69, 9.17) is 5.73 Å². The van der Waals surface area contributed by atoms with Crippen molar-refractivity contribution in [3.63, 3.8) is 0 Å². The third-order valence-corrected chi connectivity index (χ3v) is 3.85. The minimum absolute atomic E-state index is 0.512. The molecule has 1 aliphatic heterocycles. The summed E-state index contributed by atoms with van der Waals surface area (Å²) in [4.78, 5) is 0. The van der Waals surface area contributed by atoms with E-state index in [9.17, 15) is 4.39 Å². The second kappa shape index (κ2) is 4.44. The quantitative estimate of drug-likeness (QED) is 0.783. The van der Waals surface area contributed by atoms with Crippen LogP contribution in [0.15, 0.2) is 24.3 Å². The summed E-state index contributed by atoms with van der Waals surface area (Å²) in [6.45, 7) is 0. The third kappa shape index (κ3) is 2.88. The van der Waals surface area contributed by atoms with E-state index in [0.29, 0.717) is 19.3 Å². The Kier molecular flexibility index (Phi) is 3.19. The highest BCUT2D eigenvalue weighted by atomic mass is 32.2. The van der Waals surface area contributed by atoms with Crippen molar-refractivity contribution in [1.29, 1.82) is 0 Å². The molecule has 0 saturated carbocycles. The van der Waals surface area contributed by atoms with E-state index in [1.165, 1.54) is 0 Å². The van der Waals surface area contributed by atoms with Gasteiger partial charge in [-0.2, -0.15) is 11.8 Å². The molecule has 2 rings (SSSR count). The minimum Gasteiger partial charge on any atom is -0.399 e. The number of nitrogen functional groups attached to an aromatic ring is 1. The topological polar surface area (TPSA) is 26.0 Å². The number of benzene rings is 1. The van der Waals surface area contributed by atoms with E-state index in [2.05, 4.69) is 0 Å². The van der Waals surface area contributed by atoms with Gasteiger partial charge in [0.25, 0.3) is 0 Å². The van der Waals surface area contributed by atoms with Crippen LogP contribution < -0.4 is 5.73 Å².